The minimum absolute atomic E-state index is 0.195. The molecule has 0 aliphatic carbocycles. The Kier molecular flexibility index (Phi) is 2.45. The van der Waals surface area contributed by atoms with Gasteiger partial charge in [0, 0.05) is 0 Å². The third-order valence-corrected chi connectivity index (χ3v) is 2.88. The number of methoxy groups -OCH3 is 1. The van der Waals surface area contributed by atoms with E-state index in [1.165, 1.54) is 0 Å². The molecule has 0 aromatic heterocycles. The molecular weight excluding hydrogens is 204 g/mol. The van der Waals surface area contributed by atoms with Crippen molar-refractivity contribution in [2.45, 2.75) is 12.2 Å². The van der Waals surface area contributed by atoms with Gasteiger partial charge in [0.05, 0.1) is 0 Å². The number of benzene rings is 1. The Labute approximate surface area is 76.7 Å². The van der Waals surface area contributed by atoms with Crippen molar-refractivity contribution in [1.82, 2.24) is 0 Å². The summed E-state index contributed by atoms with van der Waals surface area (Å²) >= 11 is -0.195. The average Bonchev–Trinajstić information content (AvgIpc) is 2.02. The molecule has 0 radical (unpaired) electrons. The van der Waals surface area contributed by atoms with Gasteiger partial charge in [0.25, 0.3) is 0 Å². The van der Waals surface area contributed by atoms with Crippen molar-refractivity contribution in [1.29, 1.82) is 0 Å². The summed E-state index contributed by atoms with van der Waals surface area (Å²) in [5, 5.41) is -1.12. The Bertz CT molecular complexity index is 283. The van der Waals surface area contributed by atoms with Crippen LogP contribution in [0.15, 0.2) is 24.3 Å². The van der Waals surface area contributed by atoms with Gasteiger partial charge in [0.1, 0.15) is 0 Å². The number of hydrogen-bond donors (Lipinski definition) is 0. The normalized spacial score (nSPS) is 13.6. The van der Waals surface area contributed by atoms with E-state index in [1.54, 1.807) is 14.0 Å². The van der Waals surface area contributed by atoms with Crippen LogP contribution in [0.2, 0.25) is 5.27 Å². The van der Waals surface area contributed by atoms with Crippen molar-refractivity contribution >= 4 is 19.4 Å². The molecule has 1 aromatic carbocycles. The first kappa shape index (κ1) is 6.10. The third-order valence-electron chi connectivity index (χ3n) is 1.28. The van der Waals surface area contributed by atoms with Crippen molar-refractivity contribution in [2.75, 3.05) is 7.11 Å². The first-order valence-electron chi connectivity index (χ1n) is 4.35. The van der Waals surface area contributed by atoms with E-state index in [0.29, 0.717) is 0 Å². The molecule has 0 heterocycles. The molecule has 0 saturated carbocycles. The van der Waals surface area contributed by atoms with Crippen LogP contribution in [0, 0.1) is 0 Å². The van der Waals surface area contributed by atoms with Crippen molar-refractivity contribution in [2.24, 2.45) is 0 Å². The van der Waals surface area contributed by atoms with Crippen LogP contribution in [0.4, 0.5) is 0 Å². The Morgan fingerprint density at radius 1 is 1.55 bits per heavy atom. The van der Waals surface area contributed by atoms with Crippen LogP contribution in [0.25, 0.3) is 0 Å². The zero-order valence-electron chi connectivity index (χ0n) is 8.63. The standard InChI is InChI=1S/C9H12OSe/c1-3-11-9-7-5-4-6-8(9)10-2/h4-7H,3H2,1-2H3/i3+1H2. The second-order valence-corrected chi connectivity index (χ2v) is 4.16. The van der Waals surface area contributed by atoms with Crippen LogP contribution in [0.3, 0.4) is 0 Å². The summed E-state index contributed by atoms with van der Waals surface area (Å²) in [7, 11) is 1.61. The van der Waals surface area contributed by atoms with Gasteiger partial charge in [-0.1, -0.05) is 0 Å². The average molecular weight is 216 g/mol. The fraction of sp³-hybridized carbons (Fsp3) is 0.333. The van der Waals surface area contributed by atoms with Gasteiger partial charge in [-0.25, -0.2) is 0 Å². The molecule has 0 aliphatic heterocycles. The summed E-state index contributed by atoms with van der Waals surface area (Å²) in [4.78, 5) is 0. The topological polar surface area (TPSA) is 9.23 Å². The Hall–Kier alpha value is -0.461. The van der Waals surface area contributed by atoms with E-state index in [9.17, 15) is 0 Å². The first-order chi connectivity index (χ1) is 6.03. The number of para-hydroxylation sites is 1. The molecule has 0 fully saturated rings. The van der Waals surface area contributed by atoms with E-state index in [-0.39, 0.29) is 15.0 Å². The molecule has 0 bridgehead atoms. The fourth-order valence-electron chi connectivity index (χ4n) is 0.813. The Morgan fingerprint density at radius 3 is 2.91 bits per heavy atom. The maximum absolute atomic E-state index is 7.48. The molecule has 60 valence electrons. The Morgan fingerprint density at radius 2 is 2.27 bits per heavy atom. The van der Waals surface area contributed by atoms with Gasteiger partial charge in [-0.3, -0.25) is 0 Å². The summed E-state index contributed by atoms with van der Waals surface area (Å²) in [6.45, 7) is 1.60. The van der Waals surface area contributed by atoms with Crippen LogP contribution in [-0.4, -0.2) is 22.1 Å². The Balaban J connectivity index is 2.87. The van der Waals surface area contributed by atoms with Crippen molar-refractivity contribution in [3.63, 3.8) is 0 Å². The molecule has 1 rings (SSSR count). The van der Waals surface area contributed by atoms with Gasteiger partial charge < -0.3 is 0 Å². The van der Waals surface area contributed by atoms with Gasteiger partial charge in [-0.05, 0) is 0 Å². The van der Waals surface area contributed by atoms with Crippen LogP contribution in [-0.2, 0) is 0 Å². The molecule has 0 N–H and O–H groups in total. The summed E-state index contributed by atoms with van der Waals surface area (Å²) in [6, 6.07) is 7.58. The third kappa shape index (κ3) is 2.25. The van der Waals surface area contributed by atoms with Crippen LogP contribution in [0.1, 0.15) is 9.67 Å². The minimum atomic E-state index is -1.12. The van der Waals surface area contributed by atoms with Gasteiger partial charge in [-0.2, -0.15) is 0 Å². The predicted molar refractivity (Wildman–Crippen MR) is 48.9 cm³/mol. The molecule has 0 saturated heterocycles. The summed E-state index contributed by atoms with van der Waals surface area (Å²) in [5.41, 5.74) is 0. The van der Waals surface area contributed by atoms with Gasteiger partial charge >= 0.3 is 76.2 Å². The molecular formula is C9H12OSe. The van der Waals surface area contributed by atoms with Crippen molar-refractivity contribution in [3.05, 3.63) is 24.3 Å². The number of hydrogen-bond acceptors (Lipinski definition) is 1. The SMILES string of the molecule is [1H][13C]([1H])(C)[Se]c1ccccc1OC. The summed E-state index contributed by atoms with van der Waals surface area (Å²) in [5.74, 6) is 0.785. The molecule has 2 heteroatoms. The van der Waals surface area contributed by atoms with Gasteiger partial charge in [0.15, 0.2) is 0 Å². The van der Waals surface area contributed by atoms with E-state index >= 15 is 0 Å². The van der Waals surface area contributed by atoms with E-state index in [1.807, 2.05) is 24.3 Å². The van der Waals surface area contributed by atoms with Crippen LogP contribution < -0.4 is 9.20 Å². The number of ether oxygens (including phenoxy) is 1. The predicted octanol–water partition coefficient (Wildman–Crippen LogP) is 1.46. The molecule has 0 spiro atoms. The molecule has 0 aliphatic rings. The van der Waals surface area contributed by atoms with E-state index in [4.69, 9.17) is 7.48 Å². The molecule has 0 atom stereocenters. The maximum atomic E-state index is 7.48. The fourth-order valence-corrected chi connectivity index (χ4v) is 2.11. The monoisotopic (exact) mass is 217 g/mol. The molecule has 11 heavy (non-hydrogen) atoms. The van der Waals surface area contributed by atoms with Crippen molar-refractivity contribution < 1.29 is 7.48 Å². The molecule has 1 nitrogen and oxygen atoms in total. The van der Waals surface area contributed by atoms with Gasteiger partial charge in [-0.15, -0.1) is 0 Å². The van der Waals surface area contributed by atoms with E-state index in [0.717, 1.165) is 10.2 Å². The second kappa shape index (κ2) is 4.42. The van der Waals surface area contributed by atoms with Crippen LogP contribution in [0.5, 0.6) is 5.75 Å². The van der Waals surface area contributed by atoms with E-state index < -0.39 is 5.27 Å². The zero-order chi connectivity index (χ0) is 9.90. The molecule has 1 aromatic rings. The summed E-state index contributed by atoms with van der Waals surface area (Å²) < 4.78 is 21.1. The van der Waals surface area contributed by atoms with Crippen molar-refractivity contribution in [3.8, 4) is 5.75 Å². The molecule has 0 unspecified atom stereocenters. The number of rotatable bonds is 3. The van der Waals surface area contributed by atoms with E-state index in [2.05, 4.69) is 0 Å². The first-order valence-corrected chi connectivity index (χ1v) is 5.06. The second-order valence-electron chi connectivity index (χ2n) is 1.96. The summed E-state index contributed by atoms with van der Waals surface area (Å²) in [6.07, 6.45) is 0. The quantitative estimate of drug-likeness (QED) is 0.549. The molecule has 0 amide bonds. The van der Waals surface area contributed by atoms with Crippen LogP contribution >= 0.6 is 0 Å². The zero-order valence-corrected chi connectivity index (χ0v) is 8.34. The van der Waals surface area contributed by atoms with Gasteiger partial charge in [0.2, 0.25) is 0 Å².